The summed E-state index contributed by atoms with van der Waals surface area (Å²) in [5.41, 5.74) is 0.329. The third kappa shape index (κ3) is 3.78. The fourth-order valence-electron chi connectivity index (χ4n) is 1.28. The maximum Gasteiger partial charge on any atom is 0.352 e. The highest BCUT2D eigenvalue weighted by atomic mass is 35.5. The lowest BCUT2D eigenvalue weighted by molar-refractivity contribution is -0.134. The van der Waals surface area contributed by atoms with Crippen LogP contribution < -0.4 is 10.1 Å². The molecular formula is C12H12ClNO4. The van der Waals surface area contributed by atoms with Gasteiger partial charge in [0.1, 0.15) is 11.4 Å². The lowest BCUT2D eigenvalue weighted by Crippen LogP contribution is -2.24. The van der Waals surface area contributed by atoms with Gasteiger partial charge in [-0.05, 0) is 23.8 Å². The number of carbonyl (C=O) groups excluding carboxylic acids is 1. The van der Waals surface area contributed by atoms with Crippen molar-refractivity contribution in [3.63, 3.8) is 0 Å². The molecule has 2 N–H and O–H groups in total. The second-order valence-electron chi connectivity index (χ2n) is 3.44. The predicted octanol–water partition coefficient (Wildman–Crippen LogP) is 1.91. The number of hydrogen-bond donors (Lipinski definition) is 2. The van der Waals surface area contributed by atoms with E-state index in [9.17, 15) is 9.59 Å². The van der Waals surface area contributed by atoms with E-state index in [1.165, 1.54) is 20.1 Å². The smallest absolute Gasteiger partial charge is 0.352 e. The first kappa shape index (κ1) is 14.1. The van der Waals surface area contributed by atoms with Gasteiger partial charge in [-0.3, -0.25) is 4.79 Å². The Labute approximate surface area is 109 Å². The summed E-state index contributed by atoms with van der Waals surface area (Å²) in [7, 11) is 1.48. The van der Waals surface area contributed by atoms with Crippen LogP contribution in [0.4, 0.5) is 0 Å². The maximum atomic E-state index is 10.9. The van der Waals surface area contributed by atoms with Crippen LogP contribution in [0.15, 0.2) is 23.9 Å². The number of carbonyl (C=O) groups is 2. The summed E-state index contributed by atoms with van der Waals surface area (Å²) in [6.45, 7) is 1.23. The lowest BCUT2D eigenvalue weighted by atomic mass is 10.2. The van der Waals surface area contributed by atoms with Crippen molar-refractivity contribution in [2.75, 3.05) is 7.11 Å². The van der Waals surface area contributed by atoms with Crippen LogP contribution in [0.25, 0.3) is 6.08 Å². The lowest BCUT2D eigenvalue weighted by Gasteiger charge is -2.05. The number of benzene rings is 1. The topological polar surface area (TPSA) is 75.6 Å². The van der Waals surface area contributed by atoms with Gasteiger partial charge in [0.15, 0.2) is 0 Å². The molecule has 0 aliphatic heterocycles. The molecule has 1 amide bonds. The highest BCUT2D eigenvalue weighted by Crippen LogP contribution is 2.25. The van der Waals surface area contributed by atoms with E-state index in [-0.39, 0.29) is 5.70 Å². The van der Waals surface area contributed by atoms with Crippen LogP contribution >= 0.6 is 11.6 Å². The fourth-order valence-corrected chi connectivity index (χ4v) is 1.55. The molecule has 0 saturated carbocycles. The van der Waals surface area contributed by atoms with E-state index in [1.54, 1.807) is 18.2 Å². The van der Waals surface area contributed by atoms with E-state index < -0.39 is 11.9 Å². The molecule has 0 heterocycles. The first-order chi connectivity index (χ1) is 8.43. The molecule has 0 radical (unpaired) electrons. The highest BCUT2D eigenvalue weighted by Gasteiger charge is 2.09. The molecule has 96 valence electrons. The Kier molecular flexibility index (Phi) is 4.74. The average molecular weight is 270 g/mol. The normalized spacial score (nSPS) is 10.9. The van der Waals surface area contributed by atoms with Crippen LogP contribution in [0.2, 0.25) is 5.02 Å². The van der Waals surface area contributed by atoms with Gasteiger partial charge >= 0.3 is 5.97 Å². The number of nitrogens with one attached hydrogen (secondary N) is 1. The summed E-state index contributed by atoms with van der Waals surface area (Å²) in [5, 5.41) is 11.5. The van der Waals surface area contributed by atoms with Gasteiger partial charge in [-0.25, -0.2) is 4.79 Å². The van der Waals surface area contributed by atoms with Crippen LogP contribution in [0, 0.1) is 0 Å². The van der Waals surface area contributed by atoms with E-state index in [0.29, 0.717) is 16.3 Å². The van der Waals surface area contributed by atoms with Gasteiger partial charge in [0, 0.05) is 6.92 Å². The monoisotopic (exact) mass is 269 g/mol. The molecule has 0 aliphatic rings. The SMILES string of the molecule is COc1ccc(/C=C(/NC(C)=O)C(=O)O)cc1Cl. The third-order valence-electron chi connectivity index (χ3n) is 2.03. The van der Waals surface area contributed by atoms with Gasteiger partial charge in [0.25, 0.3) is 0 Å². The highest BCUT2D eigenvalue weighted by molar-refractivity contribution is 6.32. The Morgan fingerprint density at radius 3 is 2.56 bits per heavy atom. The number of hydrogen-bond acceptors (Lipinski definition) is 3. The fraction of sp³-hybridized carbons (Fsp3) is 0.167. The standard InChI is InChI=1S/C12H12ClNO4/c1-7(15)14-10(12(16)17)6-8-3-4-11(18-2)9(13)5-8/h3-6H,1-2H3,(H,14,15)(H,16,17)/b10-6+. The Morgan fingerprint density at radius 1 is 1.44 bits per heavy atom. The molecule has 1 aromatic carbocycles. The van der Waals surface area contributed by atoms with Crippen LogP contribution in [-0.2, 0) is 9.59 Å². The van der Waals surface area contributed by atoms with Crippen molar-refractivity contribution < 1.29 is 19.4 Å². The zero-order valence-corrected chi connectivity index (χ0v) is 10.6. The molecule has 18 heavy (non-hydrogen) atoms. The van der Waals surface area contributed by atoms with Gasteiger partial charge in [0.2, 0.25) is 5.91 Å². The van der Waals surface area contributed by atoms with Crippen LogP contribution in [-0.4, -0.2) is 24.1 Å². The number of aliphatic carboxylic acids is 1. The minimum Gasteiger partial charge on any atom is -0.495 e. The van der Waals surface area contributed by atoms with Crippen molar-refractivity contribution in [3.05, 3.63) is 34.5 Å². The maximum absolute atomic E-state index is 10.9. The van der Waals surface area contributed by atoms with Crippen LogP contribution in [0.1, 0.15) is 12.5 Å². The van der Waals surface area contributed by atoms with Crippen molar-refractivity contribution in [2.24, 2.45) is 0 Å². The summed E-state index contributed by atoms with van der Waals surface area (Å²) in [4.78, 5) is 21.8. The van der Waals surface area contributed by atoms with Crippen LogP contribution in [0.3, 0.4) is 0 Å². The molecule has 6 heteroatoms. The molecule has 0 aromatic heterocycles. The number of methoxy groups -OCH3 is 1. The molecule has 0 saturated heterocycles. The Morgan fingerprint density at radius 2 is 2.11 bits per heavy atom. The Balaban J connectivity index is 3.08. The number of amides is 1. The predicted molar refractivity (Wildman–Crippen MR) is 67.4 cm³/mol. The molecule has 5 nitrogen and oxygen atoms in total. The number of carboxylic acid groups (broad SMARTS) is 1. The average Bonchev–Trinajstić information content (AvgIpc) is 2.27. The zero-order chi connectivity index (χ0) is 13.7. The van der Waals surface area contributed by atoms with Crippen molar-refractivity contribution >= 4 is 29.6 Å². The summed E-state index contributed by atoms with van der Waals surface area (Å²) in [5.74, 6) is -1.19. The minimum absolute atomic E-state index is 0.219. The quantitative estimate of drug-likeness (QED) is 0.819. The van der Waals surface area contributed by atoms with Crippen LogP contribution in [0.5, 0.6) is 5.75 Å². The van der Waals surface area contributed by atoms with Gasteiger partial charge in [-0.15, -0.1) is 0 Å². The molecule has 0 aliphatic carbocycles. The van der Waals surface area contributed by atoms with E-state index in [4.69, 9.17) is 21.4 Å². The van der Waals surface area contributed by atoms with Crippen molar-refractivity contribution in [3.8, 4) is 5.75 Å². The number of carboxylic acids is 1. The largest absolute Gasteiger partial charge is 0.495 e. The Hall–Kier alpha value is -2.01. The second-order valence-corrected chi connectivity index (χ2v) is 3.85. The molecule has 1 rings (SSSR count). The molecule has 0 fully saturated rings. The zero-order valence-electron chi connectivity index (χ0n) is 9.86. The molecule has 0 unspecified atom stereocenters. The first-order valence-electron chi connectivity index (χ1n) is 5.00. The van der Waals surface area contributed by atoms with Crippen molar-refractivity contribution in [1.82, 2.24) is 5.32 Å². The molecule has 0 spiro atoms. The van der Waals surface area contributed by atoms with Gasteiger partial charge in [-0.2, -0.15) is 0 Å². The molecular weight excluding hydrogens is 258 g/mol. The summed E-state index contributed by atoms with van der Waals surface area (Å²) < 4.78 is 4.98. The number of rotatable bonds is 4. The van der Waals surface area contributed by atoms with E-state index in [2.05, 4.69) is 5.32 Å². The first-order valence-corrected chi connectivity index (χ1v) is 5.38. The van der Waals surface area contributed by atoms with E-state index in [0.717, 1.165) is 0 Å². The van der Waals surface area contributed by atoms with E-state index >= 15 is 0 Å². The Bertz CT molecular complexity index is 511. The second kappa shape index (κ2) is 6.07. The van der Waals surface area contributed by atoms with Gasteiger partial charge < -0.3 is 15.2 Å². The van der Waals surface area contributed by atoms with Crippen molar-refractivity contribution in [1.29, 1.82) is 0 Å². The minimum atomic E-state index is -1.22. The summed E-state index contributed by atoms with van der Waals surface area (Å²) in [6, 6.07) is 4.79. The van der Waals surface area contributed by atoms with Gasteiger partial charge in [-0.1, -0.05) is 17.7 Å². The number of halogens is 1. The molecule has 1 aromatic rings. The van der Waals surface area contributed by atoms with Crippen molar-refractivity contribution in [2.45, 2.75) is 6.92 Å². The summed E-state index contributed by atoms with van der Waals surface area (Å²) >= 11 is 5.91. The van der Waals surface area contributed by atoms with E-state index in [1.807, 2.05) is 0 Å². The number of ether oxygens (including phenoxy) is 1. The third-order valence-corrected chi connectivity index (χ3v) is 2.32. The van der Waals surface area contributed by atoms with Gasteiger partial charge in [0.05, 0.1) is 12.1 Å². The summed E-state index contributed by atoms with van der Waals surface area (Å²) in [6.07, 6.45) is 1.31. The molecule has 0 atom stereocenters. The molecule has 0 bridgehead atoms.